The molecule has 2 rings (SSSR count). The van der Waals surface area contributed by atoms with Gasteiger partial charge in [0, 0.05) is 29.3 Å². The standard InChI is InChI=1S/C15H19FN2O2/c1-8(13-6-5-12(16)7-14(13)19)17-9(2)15-10(3)18-20-11(15)4/h5-9,17,19H,1-4H3. The van der Waals surface area contributed by atoms with Crippen molar-refractivity contribution in [3.05, 3.63) is 46.6 Å². The first kappa shape index (κ1) is 14.5. The van der Waals surface area contributed by atoms with E-state index in [9.17, 15) is 9.50 Å². The lowest BCUT2D eigenvalue weighted by Crippen LogP contribution is -2.23. The summed E-state index contributed by atoms with van der Waals surface area (Å²) >= 11 is 0. The second-order valence-electron chi connectivity index (χ2n) is 5.05. The maximum Gasteiger partial charge on any atom is 0.138 e. The summed E-state index contributed by atoms with van der Waals surface area (Å²) in [7, 11) is 0. The molecule has 2 aromatic rings. The maximum atomic E-state index is 13.0. The van der Waals surface area contributed by atoms with E-state index in [-0.39, 0.29) is 17.8 Å². The van der Waals surface area contributed by atoms with E-state index < -0.39 is 5.82 Å². The molecule has 2 atom stereocenters. The minimum atomic E-state index is -0.447. The Morgan fingerprint density at radius 2 is 1.95 bits per heavy atom. The van der Waals surface area contributed by atoms with Crippen molar-refractivity contribution in [3.63, 3.8) is 0 Å². The Morgan fingerprint density at radius 3 is 2.50 bits per heavy atom. The van der Waals surface area contributed by atoms with Gasteiger partial charge in [-0.15, -0.1) is 0 Å². The van der Waals surface area contributed by atoms with Crippen LogP contribution in [0.5, 0.6) is 5.75 Å². The average molecular weight is 278 g/mol. The van der Waals surface area contributed by atoms with Crippen LogP contribution >= 0.6 is 0 Å². The zero-order valence-electron chi connectivity index (χ0n) is 12.1. The highest BCUT2D eigenvalue weighted by molar-refractivity contribution is 5.35. The Kier molecular flexibility index (Phi) is 4.09. The van der Waals surface area contributed by atoms with E-state index in [1.54, 1.807) is 6.07 Å². The lowest BCUT2D eigenvalue weighted by Gasteiger charge is -2.21. The molecule has 4 nitrogen and oxygen atoms in total. The average Bonchev–Trinajstić information content (AvgIpc) is 2.68. The van der Waals surface area contributed by atoms with Gasteiger partial charge in [-0.2, -0.15) is 0 Å². The van der Waals surface area contributed by atoms with Gasteiger partial charge in [-0.3, -0.25) is 0 Å². The number of halogens is 1. The fourth-order valence-electron chi connectivity index (χ4n) is 2.54. The number of hydrogen-bond donors (Lipinski definition) is 2. The van der Waals surface area contributed by atoms with E-state index >= 15 is 0 Å². The predicted molar refractivity (Wildman–Crippen MR) is 74.0 cm³/mol. The predicted octanol–water partition coefficient (Wildman–Crippen LogP) is 3.55. The number of benzene rings is 1. The maximum absolute atomic E-state index is 13.0. The van der Waals surface area contributed by atoms with Crippen molar-refractivity contribution in [3.8, 4) is 5.75 Å². The molecule has 2 unspecified atom stereocenters. The molecule has 2 N–H and O–H groups in total. The number of aromatic hydroxyl groups is 1. The second kappa shape index (κ2) is 5.63. The third-order valence-electron chi connectivity index (χ3n) is 3.48. The molecule has 0 saturated carbocycles. The van der Waals surface area contributed by atoms with Crippen molar-refractivity contribution < 1.29 is 14.0 Å². The van der Waals surface area contributed by atoms with Gasteiger partial charge >= 0.3 is 0 Å². The Hall–Kier alpha value is -1.88. The second-order valence-corrected chi connectivity index (χ2v) is 5.05. The number of aryl methyl sites for hydroxylation is 2. The van der Waals surface area contributed by atoms with E-state index in [0.29, 0.717) is 5.56 Å². The molecule has 0 spiro atoms. The van der Waals surface area contributed by atoms with Crippen LogP contribution in [0.2, 0.25) is 0 Å². The number of rotatable bonds is 4. The Bertz CT molecular complexity index is 590. The Morgan fingerprint density at radius 1 is 1.25 bits per heavy atom. The molecule has 1 aromatic carbocycles. The molecule has 108 valence electrons. The molecule has 0 aliphatic heterocycles. The van der Waals surface area contributed by atoms with Crippen LogP contribution < -0.4 is 5.32 Å². The normalized spacial score (nSPS) is 14.2. The summed E-state index contributed by atoms with van der Waals surface area (Å²) in [5.41, 5.74) is 2.52. The quantitative estimate of drug-likeness (QED) is 0.898. The van der Waals surface area contributed by atoms with Gasteiger partial charge in [0.1, 0.15) is 17.3 Å². The van der Waals surface area contributed by atoms with Crippen molar-refractivity contribution in [2.24, 2.45) is 0 Å². The zero-order chi connectivity index (χ0) is 14.9. The molecule has 0 radical (unpaired) electrons. The Labute approximate surface area is 117 Å². The van der Waals surface area contributed by atoms with Crippen LogP contribution in [0.15, 0.2) is 22.7 Å². The first-order chi connectivity index (χ1) is 9.40. The minimum Gasteiger partial charge on any atom is -0.508 e. The van der Waals surface area contributed by atoms with Gasteiger partial charge < -0.3 is 14.9 Å². The summed E-state index contributed by atoms with van der Waals surface area (Å²) in [6, 6.07) is 3.93. The van der Waals surface area contributed by atoms with E-state index in [4.69, 9.17) is 4.52 Å². The van der Waals surface area contributed by atoms with Crippen LogP contribution in [-0.2, 0) is 0 Å². The molecule has 0 saturated heterocycles. The Balaban J connectivity index is 2.17. The van der Waals surface area contributed by atoms with Gasteiger partial charge in [0.2, 0.25) is 0 Å². The van der Waals surface area contributed by atoms with Crippen molar-refractivity contribution >= 4 is 0 Å². The van der Waals surface area contributed by atoms with Gasteiger partial charge in [0.05, 0.1) is 5.69 Å². The molecule has 5 heteroatoms. The molecular formula is C15H19FN2O2. The molecule has 0 amide bonds. The largest absolute Gasteiger partial charge is 0.508 e. The first-order valence-corrected chi connectivity index (χ1v) is 6.57. The lowest BCUT2D eigenvalue weighted by molar-refractivity contribution is 0.389. The van der Waals surface area contributed by atoms with Gasteiger partial charge in [-0.05, 0) is 33.8 Å². The van der Waals surface area contributed by atoms with Crippen LogP contribution in [0.4, 0.5) is 4.39 Å². The van der Waals surface area contributed by atoms with Crippen molar-refractivity contribution in [2.75, 3.05) is 0 Å². The summed E-state index contributed by atoms with van der Waals surface area (Å²) in [5.74, 6) is 0.284. The topological polar surface area (TPSA) is 58.3 Å². The molecule has 0 fully saturated rings. The van der Waals surface area contributed by atoms with Crippen molar-refractivity contribution in [1.29, 1.82) is 0 Å². The van der Waals surface area contributed by atoms with E-state index in [1.807, 2.05) is 27.7 Å². The minimum absolute atomic E-state index is 0.0145. The highest BCUT2D eigenvalue weighted by Gasteiger charge is 2.20. The number of aromatic nitrogens is 1. The van der Waals surface area contributed by atoms with Crippen LogP contribution in [0.25, 0.3) is 0 Å². The summed E-state index contributed by atoms with van der Waals surface area (Å²) in [5, 5.41) is 17.1. The molecule has 0 bridgehead atoms. The molecule has 1 aromatic heterocycles. The highest BCUT2D eigenvalue weighted by atomic mass is 19.1. The number of hydrogen-bond acceptors (Lipinski definition) is 4. The molecule has 0 aliphatic rings. The molecule has 0 aliphatic carbocycles. The van der Waals surface area contributed by atoms with E-state index in [0.717, 1.165) is 23.1 Å². The third kappa shape index (κ3) is 2.82. The molecular weight excluding hydrogens is 259 g/mol. The fourth-order valence-corrected chi connectivity index (χ4v) is 2.54. The first-order valence-electron chi connectivity index (χ1n) is 6.57. The lowest BCUT2D eigenvalue weighted by atomic mass is 10.0. The zero-order valence-corrected chi connectivity index (χ0v) is 12.1. The van der Waals surface area contributed by atoms with E-state index in [1.165, 1.54) is 6.07 Å². The summed E-state index contributed by atoms with van der Waals surface area (Å²) < 4.78 is 18.2. The highest BCUT2D eigenvalue weighted by Crippen LogP contribution is 2.28. The number of nitrogens with one attached hydrogen (secondary N) is 1. The molecule has 1 heterocycles. The van der Waals surface area contributed by atoms with Crippen LogP contribution in [-0.4, -0.2) is 10.3 Å². The number of phenolic OH excluding ortho intramolecular Hbond substituents is 1. The smallest absolute Gasteiger partial charge is 0.138 e. The van der Waals surface area contributed by atoms with Crippen LogP contribution in [0, 0.1) is 19.7 Å². The summed E-state index contributed by atoms with van der Waals surface area (Å²) in [4.78, 5) is 0. The summed E-state index contributed by atoms with van der Waals surface area (Å²) in [6.07, 6.45) is 0. The number of nitrogens with zero attached hydrogens (tertiary/aromatic N) is 1. The van der Waals surface area contributed by atoms with Gasteiger partial charge in [-0.1, -0.05) is 11.2 Å². The number of phenols is 1. The monoisotopic (exact) mass is 278 g/mol. The summed E-state index contributed by atoms with van der Waals surface area (Å²) in [6.45, 7) is 7.68. The van der Waals surface area contributed by atoms with Gasteiger partial charge in [-0.25, -0.2) is 4.39 Å². The third-order valence-corrected chi connectivity index (χ3v) is 3.48. The van der Waals surface area contributed by atoms with Crippen LogP contribution in [0.3, 0.4) is 0 Å². The SMILES string of the molecule is Cc1noc(C)c1C(C)NC(C)c1ccc(F)cc1O. The van der Waals surface area contributed by atoms with E-state index in [2.05, 4.69) is 10.5 Å². The van der Waals surface area contributed by atoms with Crippen LogP contribution in [0.1, 0.15) is 48.5 Å². The van der Waals surface area contributed by atoms with Crippen molar-refractivity contribution in [2.45, 2.75) is 39.8 Å². The fraction of sp³-hybridized carbons (Fsp3) is 0.400. The van der Waals surface area contributed by atoms with Gasteiger partial charge in [0.15, 0.2) is 0 Å². The van der Waals surface area contributed by atoms with Gasteiger partial charge in [0.25, 0.3) is 0 Å². The van der Waals surface area contributed by atoms with Crippen molar-refractivity contribution in [1.82, 2.24) is 10.5 Å². The molecule has 20 heavy (non-hydrogen) atoms.